The molecule has 0 aromatic heterocycles. The topological polar surface area (TPSA) is 84.9 Å². The lowest BCUT2D eigenvalue weighted by Gasteiger charge is -2.22. The lowest BCUT2D eigenvalue weighted by molar-refractivity contribution is -0.119. The third-order valence-electron chi connectivity index (χ3n) is 4.24. The number of nitrogens with zero attached hydrogens (tertiary/aromatic N) is 1. The summed E-state index contributed by atoms with van der Waals surface area (Å²) in [6.45, 7) is 1.51. The monoisotopic (exact) mass is 354 g/mol. The molecule has 1 aliphatic rings. The van der Waals surface area contributed by atoms with E-state index in [-0.39, 0.29) is 0 Å². The first-order valence-corrected chi connectivity index (χ1v) is 7.97. The number of methoxy groups -OCH3 is 2. The minimum Gasteiger partial charge on any atom is -0.493 e. The van der Waals surface area contributed by atoms with E-state index in [1.807, 2.05) is 0 Å². The Kier molecular flexibility index (Phi) is 4.62. The number of hydrogen-bond donors (Lipinski definition) is 1. The predicted molar refractivity (Wildman–Crippen MR) is 94.6 cm³/mol. The zero-order valence-corrected chi connectivity index (χ0v) is 14.6. The molecule has 7 heteroatoms. The number of benzene rings is 2. The molecule has 0 aliphatic carbocycles. The Morgan fingerprint density at radius 3 is 2.08 bits per heavy atom. The Hall–Kier alpha value is -3.35. The molecule has 3 rings (SSSR count). The van der Waals surface area contributed by atoms with E-state index in [2.05, 4.69) is 5.32 Å². The van der Waals surface area contributed by atoms with Crippen LogP contribution in [0.1, 0.15) is 27.6 Å². The Morgan fingerprint density at radius 2 is 1.54 bits per heavy atom. The Morgan fingerprint density at radius 1 is 0.962 bits per heavy atom. The summed E-state index contributed by atoms with van der Waals surface area (Å²) in [5.41, 5.74) is 1.09. The summed E-state index contributed by atoms with van der Waals surface area (Å²) in [6.07, 6.45) is 0. The highest BCUT2D eigenvalue weighted by molar-refractivity contribution is 6.23. The number of carbonyl (C=O) groups excluding carboxylic acids is 3. The summed E-state index contributed by atoms with van der Waals surface area (Å²) in [6, 6.07) is 10.5. The van der Waals surface area contributed by atoms with Gasteiger partial charge in [0.1, 0.15) is 6.04 Å². The van der Waals surface area contributed by atoms with Crippen LogP contribution in [0.5, 0.6) is 11.5 Å². The number of rotatable bonds is 5. The first-order valence-electron chi connectivity index (χ1n) is 7.97. The molecule has 1 atom stereocenters. The van der Waals surface area contributed by atoms with Gasteiger partial charge in [0.2, 0.25) is 5.91 Å². The summed E-state index contributed by atoms with van der Waals surface area (Å²) < 4.78 is 10.4. The zero-order valence-electron chi connectivity index (χ0n) is 14.6. The van der Waals surface area contributed by atoms with Gasteiger partial charge < -0.3 is 14.8 Å². The van der Waals surface area contributed by atoms with Crippen LogP contribution < -0.4 is 14.8 Å². The maximum absolute atomic E-state index is 12.6. The van der Waals surface area contributed by atoms with Gasteiger partial charge in [-0.05, 0) is 31.2 Å². The molecule has 134 valence electrons. The number of anilines is 1. The number of fused-ring (bicyclic) bond motifs is 1. The van der Waals surface area contributed by atoms with E-state index < -0.39 is 23.8 Å². The lowest BCUT2D eigenvalue weighted by Crippen LogP contribution is -2.45. The molecule has 0 saturated carbocycles. The standard InChI is InChI=1S/C19H18N2O5/c1-11(21-18(23)13-6-4-5-7-14(13)19(21)24)17(22)20-12-8-9-15(25-2)16(10-12)26-3/h4-11H,1-3H3,(H,20,22)/t11-/m0/s1. The van der Waals surface area contributed by atoms with Gasteiger partial charge in [0.05, 0.1) is 25.3 Å². The highest BCUT2D eigenvalue weighted by Gasteiger charge is 2.40. The van der Waals surface area contributed by atoms with Gasteiger partial charge in [-0.2, -0.15) is 0 Å². The molecule has 0 spiro atoms. The van der Waals surface area contributed by atoms with Crippen molar-refractivity contribution in [2.24, 2.45) is 0 Å². The predicted octanol–water partition coefficient (Wildman–Crippen LogP) is 2.33. The summed E-state index contributed by atoms with van der Waals surface area (Å²) >= 11 is 0. The van der Waals surface area contributed by atoms with Crippen molar-refractivity contribution in [3.05, 3.63) is 53.6 Å². The van der Waals surface area contributed by atoms with E-state index >= 15 is 0 Å². The van der Waals surface area contributed by atoms with Crippen LogP contribution in [0.2, 0.25) is 0 Å². The second kappa shape index (κ2) is 6.87. The third kappa shape index (κ3) is 2.88. The molecule has 3 amide bonds. The smallest absolute Gasteiger partial charge is 0.262 e. The normalized spacial score (nSPS) is 14.0. The fourth-order valence-electron chi connectivity index (χ4n) is 2.84. The van der Waals surface area contributed by atoms with Gasteiger partial charge in [-0.15, -0.1) is 0 Å². The molecule has 2 aromatic carbocycles. The molecule has 1 N–H and O–H groups in total. The van der Waals surface area contributed by atoms with Gasteiger partial charge in [0.15, 0.2) is 11.5 Å². The van der Waals surface area contributed by atoms with Crippen LogP contribution in [0.3, 0.4) is 0 Å². The average Bonchev–Trinajstić information content (AvgIpc) is 2.92. The van der Waals surface area contributed by atoms with Gasteiger partial charge in [0.25, 0.3) is 11.8 Å². The van der Waals surface area contributed by atoms with Crippen LogP contribution in [0.15, 0.2) is 42.5 Å². The Labute approximate surface area is 150 Å². The molecule has 0 radical (unpaired) electrons. The van der Waals surface area contributed by atoms with Gasteiger partial charge in [-0.1, -0.05) is 12.1 Å². The molecule has 0 unspecified atom stereocenters. The number of amides is 3. The first kappa shape index (κ1) is 17.5. The number of imide groups is 1. The summed E-state index contributed by atoms with van der Waals surface area (Å²) in [5, 5.41) is 2.69. The van der Waals surface area contributed by atoms with Crippen molar-refractivity contribution in [1.82, 2.24) is 4.90 Å². The fraction of sp³-hybridized carbons (Fsp3) is 0.211. The summed E-state index contributed by atoms with van der Waals surface area (Å²) in [4.78, 5) is 38.5. The molecule has 0 fully saturated rings. The summed E-state index contributed by atoms with van der Waals surface area (Å²) in [5.74, 6) is -0.439. The second-order valence-electron chi connectivity index (χ2n) is 5.76. The van der Waals surface area contributed by atoms with Crippen molar-refractivity contribution in [3.63, 3.8) is 0 Å². The Balaban J connectivity index is 1.79. The van der Waals surface area contributed by atoms with E-state index in [9.17, 15) is 14.4 Å². The molecular weight excluding hydrogens is 336 g/mol. The molecule has 7 nitrogen and oxygen atoms in total. The van der Waals surface area contributed by atoms with Crippen molar-refractivity contribution in [1.29, 1.82) is 0 Å². The molecule has 2 aromatic rings. The van der Waals surface area contributed by atoms with Crippen molar-refractivity contribution >= 4 is 23.4 Å². The number of ether oxygens (including phenoxy) is 2. The van der Waals surface area contributed by atoms with Gasteiger partial charge in [-0.3, -0.25) is 19.3 Å². The van der Waals surface area contributed by atoms with Gasteiger partial charge >= 0.3 is 0 Å². The molecular formula is C19H18N2O5. The van der Waals surface area contributed by atoms with Crippen LogP contribution in [-0.2, 0) is 4.79 Å². The molecule has 0 saturated heterocycles. The van der Waals surface area contributed by atoms with Crippen LogP contribution >= 0.6 is 0 Å². The SMILES string of the molecule is COc1ccc(NC(=O)[C@H](C)N2C(=O)c3ccccc3C2=O)cc1OC. The number of nitrogens with one attached hydrogen (secondary N) is 1. The van der Waals surface area contributed by atoms with Gasteiger partial charge in [0, 0.05) is 11.8 Å². The van der Waals surface area contributed by atoms with Gasteiger partial charge in [-0.25, -0.2) is 0 Å². The largest absolute Gasteiger partial charge is 0.493 e. The average molecular weight is 354 g/mol. The first-order chi connectivity index (χ1) is 12.5. The minimum atomic E-state index is -0.963. The van der Waals surface area contributed by atoms with Crippen molar-refractivity contribution in [2.75, 3.05) is 19.5 Å². The maximum atomic E-state index is 12.6. The van der Waals surface area contributed by atoms with E-state index in [0.717, 1.165) is 4.90 Å². The van der Waals surface area contributed by atoms with Crippen LogP contribution in [0.4, 0.5) is 5.69 Å². The molecule has 0 bridgehead atoms. The second-order valence-corrected chi connectivity index (χ2v) is 5.76. The fourth-order valence-corrected chi connectivity index (χ4v) is 2.84. The minimum absolute atomic E-state index is 0.309. The highest BCUT2D eigenvalue weighted by atomic mass is 16.5. The molecule has 1 aliphatic heterocycles. The summed E-state index contributed by atoms with van der Waals surface area (Å²) in [7, 11) is 3.01. The third-order valence-corrected chi connectivity index (χ3v) is 4.24. The quantitative estimate of drug-likeness (QED) is 0.833. The van der Waals surface area contributed by atoms with E-state index in [0.29, 0.717) is 28.3 Å². The van der Waals surface area contributed by atoms with Crippen LogP contribution in [-0.4, -0.2) is 42.9 Å². The molecule has 26 heavy (non-hydrogen) atoms. The van der Waals surface area contributed by atoms with Crippen LogP contribution in [0.25, 0.3) is 0 Å². The lowest BCUT2D eigenvalue weighted by atomic mass is 10.1. The van der Waals surface area contributed by atoms with E-state index in [1.54, 1.807) is 42.5 Å². The number of carbonyl (C=O) groups is 3. The van der Waals surface area contributed by atoms with E-state index in [4.69, 9.17) is 9.47 Å². The van der Waals surface area contributed by atoms with E-state index in [1.165, 1.54) is 21.1 Å². The van der Waals surface area contributed by atoms with Crippen molar-refractivity contribution < 1.29 is 23.9 Å². The highest BCUT2D eigenvalue weighted by Crippen LogP contribution is 2.30. The van der Waals surface area contributed by atoms with Crippen molar-refractivity contribution in [3.8, 4) is 11.5 Å². The number of hydrogen-bond acceptors (Lipinski definition) is 5. The Bertz CT molecular complexity index is 858. The van der Waals surface area contributed by atoms with Crippen molar-refractivity contribution in [2.45, 2.75) is 13.0 Å². The van der Waals surface area contributed by atoms with Crippen LogP contribution in [0, 0.1) is 0 Å². The zero-order chi connectivity index (χ0) is 18.8. The molecule has 1 heterocycles. The maximum Gasteiger partial charge on any atom is 0.262 e.